The Morgan fingerprint density at radius 3 is 2.32 bits per heavy atom. The molecule has 0 aliphatic heterocycles. The minimum Gasteiger partial charge on any atom is -0.495 e. The van der Waals surface area contributed by atoms with Gasteiger partial charge in [-0.2, -0.15) is 13.5 Å². The van der Waals surface area contributed by atoms with E-state index in [1.165, 1.54) is 0 Å². The molecule has 0 unspecified atom stereocenters. The van der Waals surface area contributed by atoms with Gasteiger partial charge in [0.1, 0.15) is 5.75 Å². The zero-order valence-electron chi connectivity index (χ0n) is 16.3. The summed E-state index contributed by atoms with van der Waals surface area (Å²) in [5.41, 5.74) is 3.02. The molecule has 1 N–H and O–H groups in total. The zero-order chi connectivity index (χ0) is 20.4. The number of hydrazone groups is 1. The molecular formula is C21H25ClN2O3S. The van der Waals surface area contributed by atoms with E-state index in [-0.39, 0.29) is 10.3 Å². The Bertz CT molecular complexity index is 975. The molecule has 1 aliphatic carbocycles. The third-order valence-electron chi connectivity index (χ3n) is 5.43. The molecule has 5 nitrogen and oxygen atoms in total. The van der Waals surface area contributed by atoms with Crippen LogP contribution in [0.5, 0.6) is 5.75 Å². The Hall–Kier alpha value is -2.05. The van der Waals surface area contributed by atoms with E-state index in [0.29, 0.717) is 10.8 Å². The van der Waals surface area contributed by atoms with E-state index in [0.717, 1.165) is 42.5 Å². The van der Waals surface area contributed by atoms with Crippen molar-refractivity contribution < 1.29 is 13.2 Å². The number of ether oxygens (including phenoxy) is 1. The monoisotopic (exact) mass is 420 g/mol. The predicted molar refractivity (Wildman–Crippen MR) is 113 cm³/mol. The van der Waals surface area contributed by atoms with E-state index in [9.17, 15) is 8.42 Å². The number of hydrogen-bond donors (Lipinski definition) is 1. The first kappa shape index (κ1) is 20.7. The van der Waals surface area contributed by atoms with Gasteiger partial charge in [-0.15, -0.1) is 0 Å². The molecule has 1 fully saturated rings. The number of sulfonamides is 1. The van der Waals surface area contributed by atoms with Gasteiger partial charge in [0.15, 0.2) is 0 Å². The number of nitrogens with one attached hydrogen (secondary N) is 1. The number of aryl methyl sites for hydroxylation is 1. The molecule has 0 atom stereocenters. The first-order valence-corrected chi connectivity index (χ1v) is 11.1. The average Bonchev–Trinajstić information content (AvgIpc) is 2.68. The Kier molecular flexibility index (Phi) is 6.01. The normalized spacial score (nSPS) is 19.9. The molecule has 0 amide bonds. The summed E-state index contributed by atoms with van der Waals surface area (Å²) in [5.74, 6) is 0.664. The predicted octanol–water partition coefficient (Wildman–Crippen LogP) is 4.82. The Morgan fingerprint density at radius 1 is 1.11 bits per heavy atom. The number of methoxy groups -OCH3 is 1. The Labute approximate surface area is 171 Å². The molecule has 3 rings (SSSR count). The van der Waals surface area contributed by atoms with Gasteiger partial charge in [0.05, 0.1) is 17.0 Å². The number of rotatable bonds is 5. The minimum absolute atomic E-state index is 0.0231. The van der Waals surface area contributed by atoms with Crippen LogP contribution in [0.4, 0.5) is 0 Å². The van der Waals surface area contributed by atoms with Crippen LogP contribution in [-0.4, -0.2) is 21.2 Å². The van der Waals surface area contributed by atoms with Crippen molar-refractivity contribution in [3.8, 4) is 5.75 Å². The van der Waals surface area contributed by atoms with E-state index in [1.807, 2.05) is 25.1 Å². The van der Waals surface area contributed by atoms with Gasteiger partial charge < -0.3 is 4.74 Å². The largest absolute Gasteiger partial charge is 0.495 e. The lowest BCUT2D eigenvalue weighted by Gasteiger charge is -2.35. The third-order valence-corrected chi connectivity index (χ3v) is 6.95. The lowest BCUT2D eigenvalue weighted by Crippen LogP contribution is -2.30. The molecule has 7 heteroatoms. The van der Waals surface area contributed by atoms with Gasteiger partial charge >= 0.3 is 0 Å². The maximum absolute atomic E-state index is 12.4. The van der Waals surface area contributed by atoms with Crippen LogP contribution in [0.25, 0.3) is 0 Å². The van der Waals surface area contributed by atoms with Crippen molar-refractivity contribution in [3.05, 3.63) is 58.6 Å². The first-order chi connectivity index (χ1) is 13.2. The van der Waals surface area contributed by atoms with Crippen molar-refractivity contribution in [2.45, 2.75) is 49.8 Å². The summed E-state index contributed by atoms with van der Waals surface area (Å²) in [4.78, 5) is 2.60. The highest BCUT2D eigenvalue weighted by Gasteiger charge is 2.31. The Morgan fingerprint density at radius 2 is 1.75 bits per heavy atom. The van der Waals surface area contributed by atoms with E-state index in [2.05, 4.69) is 16.9 Å². The maximum Gasteiger partial charge on any atom is 0.276 e. The second kappa shape index (κ2) is 8.13. The minimum atomic E-state index is -3.64. The molecule has 0 aromatic heterocycles. The standard InChI is InChI=1S/C21H25ClN2O3S/c1-15-4-7-18(8-5-15)28(25,26)24-23-17-10-12-21(2,13-11-17)16-6-9-20(27-3)19(22)14-16/h4-9,14,24H,10-13H2,1-3H3. The fourth-order valence-electron chi connectivity index (χ4n) is 3.43. The molecule has 0 heterocycles. The molecular weight excluding hydrogens is 396 g/mol. The number of nitrogens with zero attached hydrogens (tertiary/aromatic N) is 1. The molecule has 2 aromatic rings. The van der Waals surface area contributed by atoms with E-state index < -0.39 is 10.0 Å². The highest BCUT2D eigenvalue weighted by Crippen LogP contribution is 2.40. The van der Waals surface area contributed by atoms with Crippen LogP contribution >= 0.6 is 11.6 Å². The van der Waals surface area contributed by atoms with Gasteiger partial charge in [0, 0.05) is 5.71 Å². The summed E-state index contributed by atoms with van der Waals surface area (Å²) in [5, 5.41) is 4.79. The van der Waals surface area contributed by atoms with Crippen molar-refractivity contribution in [2.24, 2.45) is 5.10 Å². The SMILES string of the molecule is COc1ccc(C2(C)CCC(=NNS(=O)(=O)c3ccc(C)cc3)CC2)cc1Cl. The highest BCUT2D eigenvalue weighted by molar-refractivity contribution is 7.89. The number of benzene rings is 2. The summed E-state index contributed by atoms with van der Waals surface area (Å²) in [6.45, 7) is 4.12. The van der Waals surface area contributed by atoms with Gasteiger partial charge in [-0.1, -0.05) is 42.3 Å². The second-order valence-electron chi connectivity index (χ2n) is 7.50. The number of halogens is 1. The third kappa shape index (κ3) is 4.50. The summed E-state index contributed by atoms with van der Waals surface area (Å²) >= 11 is 6.28. The van der Waals surface area contributed by atoms with Crippen LogP contribution < -0.4 is 9.57 Å². The molecule has 0 bridgehead atoms. The lowest BCUT2D eigenvalue weighted by atomic mass is 9.70. The molecule has 28 heavy (non-hydrogen) atoms. The lowest BCUT2D eigenvalue weighted by molar-refractivity contribution is 0.389. The second-order valence-corrected chi connectivity index (χ2v) is 9.56. The van der Waals surface area contributed by atoms with Gasteiger partial charge in [-0.25, -0.2) is 4.83 Å². The fourth-order valence-corrected chi connectivity index (χ4v) is 4.53. The maximum atomic E-state index is 12.4. The summed E-state index contributed by atoms with van der Waals surface area (Å²) in [7, 11) is -2.04. The summed E-state index contributed by atoms with van der Waals surface area (Å²) in [6, 6.07) is 12.6. The van der Waals surface area contributed by atoms with Crippen LogP contribution in [0.15, 0.2) is 52.5 Å². The number of hydrogen-bond acceptors (Lipinski definition) is 4. The van der Waals surface area contributed by atoms with Crippen LogP contribution in [-0.2, 0) is 15.4 Å². The van der Waals surface area contributed by atoms with Crippen molar-refractivity contribution >= 4 is 27.3 Å². The molecule has 2 aromatic carbocycles. The zero-order valence-corrected chi connectivity index (χ0v) is 17.9. The summed E-state index contributed by atoms with van der Waals surface area (Å²) < 4.78 is 30.0. The molecule has 0 radical (unpaired) electrons. The van der Waals surface area contributed by atoms with Crippen molar-refractivity contribution in [1.29, 1.82) is 0 Å². The fraction of sp³-hybridized carbons (Fsp3) is 0.381. The Balaban J connectivity index is 1.67. The van der Waals surface area contributed by atoms with Crippen molar-refractivity contribution in [1.82, 2.24) is 4.83 Å². The topological polar surface area (TPSA) is 67.8 Å². The van der Waals surface area contributed by atoms with Gasteiger partial charge in [0.25, 0.3) is 10.0 Å². The van der Waals surface area contributed by atoms with Crippen LogP contribution in [0.1, 0.15) is 43.7 Å². The highest BCUT2D eigenvalue weighted by atomic mass is 35.5. The van der Waals surface area contributed by atoms with Gasteiger partial charge in [-0.3, -0.25) is 0 Å². The van der Waals surface area contributed by atoms with Crippen LogP contribution in [0.2, 0.25) is 5.02 Å². The molecule has 0 saturated heterocycles. The average molecular weight is 421 g/mol. The van der Waals surface area contributed by atoms with Gasteiger partial charge in [0.2, 0.25) is 0 Å². The van der Waals surface area contributed by atoms with E-state index in [1.54, 1.807) is 31.4 Å². The van der Waals surface area contributed by atoms with Crippen molar-refractivity contribution in [3.63, 3.8) is 0 Å². The quantitative estimate of drug-likeness (QED) is 0.705. The van der Waals surface area contributed by atoms with Crippen molar-refractivity contribution in [2.75, 3.05) is 7.11 Å². The smallest absolute Gasteiger partial charge is 0.276 e. The summed E-state index contributed by atoms with van der Waals surface area (Å²) in [6.07, 6.45) is 3.22. The van der Waals surface area contributed by atoms with Crippen LogP contribution in [0, 0.1) is 6.92 Å². The van der Waals surface area contributed by atoms with E-state index in [4.69, 9.17) is 16.3 Å². The van der Waals surface area contributed by atoms with Crippen LogP contribution in [0.3, 0.4) is 0 Å². The first-order valence-electron chi connectivity index (χ1n) is 9.21. The molecule has 150 valence electrons. The molecule has 1 aliphatic rings. The van der Waals surface area contributed by atoms with Gasteiger partial charge in [-0.05, 0) is 67.9 Å². The van der Waals surface area contributed by atoms with E-state index >= 15 is 0 Å². The molecule has 0 spiro atoms. The molecule has 1 saturated carbocycles.